The van der Waals surface area contributed by atoms with E-state index in [0.717, 1.165) is 6.07 Å². The molecule has 1 aliphatic rings. The molecule has 0 saturated carbocycles. The van der Waals surface area contributed by atoms with Crippen molar-refractivity contribution in [1.82, 2.24) is 10.6 Å². The molecule has 0 bridgehead atoms. The van der Waals surface area contributed by atoms with Gasteiger partial charge in [0.15, 0.2) is 0 Å². The summed E-state index contributed by atoms with van der Waals surface area (Å²) in [5.74, 6) is -1.82. The predicted octanol–water partition coefficient (Wildman–Crippen LogP) is 0.100. The zero-order chi connectivity index (χ0) is 14.7. The summed E-state index contributed by atoms with van der Waals surface area (Å²) in [7, 11) is 0. The first-order valence-corrected chi connectivity index (χ1v) is 5.86. The van der Waals surface area contributed by atoms with Gasteiger partial charge in [0.1, 0.15) is 11.3 Å². The van der Waals surface area contributed by atoms with Crippen molar-refractivity contribution < 1.29 is 24.6 Å². The third kappa shape index (κ3) is 3.16. The van der Waals surface area contributed by atoms with Crippen LogP contribution in [-0.4, -0.2) is 40.7 Å². The highest BCUT2D eigenvalue weighted by Gasteiger charge is 2.22. The molecule has 8 heteroatoms. The number of rotatable bonds is 3. The average Bonchev–Trinajstić information content (AvgIpc) is 2.74. The largest absolute Gasteiger partial charge is 0.507 e. The Kier molecular flexibility index (Phi) is 3.74. The van der Waals surface area contributed by atoms with Crippen LogP contribution in [-0.2, 0) is 4.79 Å². The maximum absolute atomic E-state index is 11.6. The minimum absolute atomic E-state index is 0.126. The predicted molar refractivity (Wildman–Crippen MR) is 68.6 cm³/mol. The van der Waals surface area contributed by atoms with Crippen LogP contribution in [0.3, 0.4) is 0 Å². The topological polar surface area (TPSA) is 128 Å². The number of hydrogen-bond acceptors (Lipinski definition) is 4. The third-order valence-corrected chi connectivity index (χ3v) is 2.80. The van der Waals surface area contributed by atoms with Crippen LogP contribution in [0.4, 0.5) is 10.5 Å². The number of benzene rings is 1. The molecule has 8 nitrogen and oxygen atoms in total. The van der Waals surface area contributed by atoms with Crippen LogP contribution < -0.4 is 16.0 Å². The fourth-order valence-electron chi connectivity index (χ4n) is 1.85. The van der Waals surface area contributed by atoms with E-state index >= 15 is 0 Å². The third-order valence-electron chi connectivity index (χ3n) is 2.80. The van der Waals surface area contributed by atoms with Crippen LogP contribution in [0.1, 0.15) is 16.8 Å². The Hall–Kier alpha value is -2.77. The molecule has 0 radical (unpaired) electrons. The number of carboxylic acids is 1. The molecule has 20 heavy (non-hydrogen) atoms. The number of amides is 3. The molecule has 106 valence electrons. The van der Waals surface area contributed by atoms with Gasteiger partial charge in [-0.25, -0.2) is 9.59 Å². The minimum Gasteiger partial charge on any atom is -0.507 e. The molecular formula is C12H13N3O5. The van der Waals surface area contributed by atoms with Gasteiger partial charge in [0.25, 0.3) is 0 Å². The Morgan fingerprint density at radius 1 is 1.35 bits per heavy atom. The molecule has 0 aliphatic carbocycles. The van der Waals surface area contributed by atoms with Gasteiger partial charge < -0.3 is 26.2 Å². The van der Waals surface area contributed by atoms with E-state index in [2.05, 4.69) is 16.0 Å². The van der Waals surface area contributed by atoms with Gasteiger partial charge in [0.05, 0.1) is 6.04 Å². The van der Waals surface area contributed by atoms with Crippen LogP contribution >= 0.6 is 0 Å². The minimum atomic E-state index is -1.26. The van der Waals surface area contributed by atoms with Crippen LogP contribution in [0.2, 0.25) is 0 Å². The fraction of sp³-hybridized carbons (Fsp3) is 0.250. The number of hydrogen-bond donors (Lipinski definition) is 5. The number of aromatic carboxylic acids is 1. The molecule has 0 spiro atoms. The second-order valence-corrected chi connectivity index (χ2v) is 4.34. The van der Waals surface area contributed by atoms with Gasteiger partial charge in [0.2, 0.25) is 5.91 Å². The Bertz CT molecular complexity index is 572. The molecule has 1 saturated heterocycles. The molecule has 1 aromatic carbocycles. The normalized spacial score (nSPS) is 17.4. The Morgan fingerprint density at radius 2 is 2.10 bits per heavy atom. The zero-order valence-electron chi connectivity index (χ0n) is 10.3. The molecule has 3 amide bonds. The maximum atomic E-state index is 11.6. The first-order chi connectivity index (χ1) is 9.45. The van der Waals surface area contributed by atoms with Crippen LogP contribution in [0.15, 0.2) is 18.2 Å². The maximum Gasteiger partial charge on any atom is 0.339 e. The number of carbonyl (C=O) groups is 3. The van der Waals surface area contributed by atoms with Gasteiger partial charge in [-0.2, -0.15) is 0 Å². The Balaban J connectivity index is 1.96. The number of carbonyl (C=O) groups excluding carboxylic acids is 2. The molecule has 1 atom stereocenters. The van der Waals surface area contributed by atoms with Crippen LogP contribution in [0.25, 0.3) is 0 Å². The summed E-state index contributed by atoms with van der Waals surface area (Å²) in [5.41, 5.74) is 0.00355. The van der Waals surface area contributed by atoms with Gasteiger partial charge >= 0.3 is 12.0 Å². The summed E-state index contributed by atoms with van der Waals surface area (Å²) in [6.45, 7) is 0.370. The summed E-state index contributed by atoms with van der Waals surface area (Å²) in [4.78, 5) is 33.3. The van der Waals surface area contributed by atoms with Crippen molar-refractivity contribution in [1.29, 1.82) is 0 Å². The molecule has 1 unspecified atom stereocenters. The van der Waals surface area contributed by atoms with Gasteiger partial charge in [0, 0.05) is 24.7 Å². The highest BCUT2D eigenvalue weighted by Crippen LogP contribution is 2.21. The van der Waals surface area contributed by atoms with Gasteiger partial charge in [-0.1, -0.05) is 0 Å². The second-order valence-electron chi connectivity index (χ2n) is 4.34. The van der Waals surface area contributed by atoms with Crippen molar-refractivity contribution in [2.75, 3.05) is 11.9 Å². The summed E-state index contributed by atoms with van der Waals surface area (Å²) in [6, 6.07) is 2.87. The molecular weight excluding hydrogens is 266 g/mol. The fourth-order valence-corrected chi connectivity index (χ4v) is 1.85. The number of aromatic hydroxyl groups is 1. The highest BCUT2D eigenvalue weighted by molar-refractivity contribution is 5.94. The number of anilines is 1. The number of nitrogens with one attached hydrogen (secondary N) is 3. The van der Waals surface area contributed by atoms with Crippen molar-refractivity contribution in [3.05, 3.63) is 23.8 Å². The van der Waals surface area contributed by atoms with Crippen molar-refractivity contribution in [2.24, 2.45) is 0 Å². The molecule has 0 aromatic heterocycles. The average molecular weight is 279 g/mol. The molecule has 5 N–H and O–H groups in total. The SMILES string of the molecule is O=C1CC(NC(=O)Nc2ccc(C(=O)O)c(O)c2)CN1. The second kappa shape index (κ2) is 5.47. The van der Waals surface area contributed by atoms with E-state index in [4.69, 9.17) is 5.11 Å². The van der Waals surface area contributed by atoms with Gasteiger partial charge in [-0.05, 0) is 12.1 Å². The number of phenols is 1. The molecule has 1 aromatic rings. The van der Waals surface area contributed by atoms with Crippen molar-refractivity contribution in [2.45, 2.75) is 12.5 Å². The summed E-state index contributed by atoms with van der Waals surface area (Å²) in [5, 5.41) is 25.9. The standard InChI is InChI=1S/C12H13N3O5/c16-9-3-6(1-2-8(9)11(18)19)14-12(20)15-7-4-10(17)13-5-7/h1-3,7,16H,4-5H2,(H,13,17)(H,18,19)(H2,14,15,20). The van der Waals surface area contributed by atoms with E-state index in [0.29, 0.717) is 6.54 Å². The van der Waals surface area contributed by atoms with Crippen molar-refractivity contribution in [3.8, 4) is 5.75 Å². The van der Waals surface area contributed by atoms with Crippen LogP contribution in [0.5, 0.6) is 5.75 Å². The first-order valence-electron chi connectivity index (χ1n) is 5.86. The van der Waals surface area contributed by atoms with E-state index in [1.54, 1.807) is 0 Å². The lowest BCUT2D eigenvalue weighted by Gasteiger charge is -2.12. The molecule has 1 heterocycles. The number of urea groups is 1. The lowest BCUT2D eigenvalue weighted by molar-refractivity contribution is -0.119. The Morgan fingerprint density at radius 3 is 2.65 bits per heavy atom. The summed E-state index contributed by atoms with van der Waals surface area (Å²) >= 11 is 0. The molecule has 1 aliphatic heterocycles. The lowest BCUT2D eigenvalue weighted by atomic mass is 10.2. The van der Waals surface area contributed by atoms with E-state index in [1.807, 2.05) is 0 Å². The van der Waals surface area contributed by atoms with E-state index in [9.17, 15) is 19.5 Å². The van der Waals surface area contributed by atoms with E-state index in [-0.39, 0.29) is 29.6 Å². The van der Waals surface area contributed by atoms with Crippen LogP contribution in [0, 0.1) is 0 Å². The summed E-state index contributed by atoms with van der Waals surface area (Å²) < 4.78 is 0. The number of carboxylic acid groups (broad SMARTS) is 1. The quantitative estimate of drug-likeness (QED) is 0.536. The molecule has 2 rings (SSSR count). The molecule has 1 fully saturated rings. The zero-order valence-corrected chi connectivity index (χ0v) is 10.3. The van der Waals surface area contributed by atoms with Gasteiger partial charge in [-0.3, -0.25) is 4.79 Å². The first kappa shape index (κ1) is 13.7. The van der Waals surface area contributed by atoms with E-state index < -0.39 is 17.7 Å². The lowest BCUT2D eigenvalue weighted by Crippen LogP contribution is -2.39. The smallest absolute Gasteiger partial charge is 0.339 e. The van der Waals surface area contributed by atoms with Crippen molar-refractivity contribution >= 4 is 23.6 Å². The Labute approximate surface area is 113 Å². The highest BCUT2D eigenvalue weighted by atomic mass is 16.4. The van der Waals surface area contributed by atoms with E-state index in [1.165, 1.54) is 12.1 Å². The monoisotopic (exact) mass is 279 g/mol. The van der Waals surface area contributed by atoms with Crippen molar-refractivity contribution in [3.63, 3.8) is 0 Å². The van der Waals surface area contributed by atoms with Gasteiger partial charge in [-0.15, -0.1) is 0 Å². The summed E-state index contributed by atoms with van der Waals surface area (Å²) in [6.07, 6.45) is 0.219.